The fourth-order valence-electron chi connectivity index (χ4n) is 8.69. The van der Waals surface area contributed by atoms with Gasteiger partial charge < -0.3 is 0 Å². The Morgan fingerprint density at radius 2 is 1.04 bits per heavy atom. The molecule has 1 aliphatic carbocycles. The molecule has 1 aromatic heterocycles. The third-order valence-electron chi connectivity index (χ3n) is 10.9. The van der Waals surface area contributed by atoms with Gasteiger partial charge in [0.05, 0.1) is 16.4 Å². The van der Waals surface area contributed by atoms with Crippen molar-refractivity contribution in [2.24, 2.45) is 0 Å². The highest BCUT2D eigenvalue weighted by molar-refractivity contribution is 7.99. The zero-order valence-electron chi connectivity index (χ0n) is 28.0. The van der Waals surface area contributed by atoms with Crippen molar-refractivity contribution in [3.05, 3.63) is 203 Å². The van der Waals surface area contributed by atoms with Crippen LogP contribution in [-0.2, 0) is 10.8 Å². The van der Waals surface area contributed by atoms with Gasteiger partial charge in [0.25, 0.3) is 0 Å². The van der Waals surface area contributed by atoms with E-state index in [2.05, 4.69) is 188 Å². The molecule has 1 aliphatic heterocycles. The first kappa shape index (κ1) is 29.3. The smallest absolute Gasteiger partial charge is 0.145 e. The molecule has 8 aromatic rings. The van der Waals surface area contributed by atoms with Crippen LogP contribution in [0.5, 0.6) is 0 Å². The van der Waals surface area contributed by atoms with E-state index in [1.165, 1.54) is 54.3 Å². The van der Waals surface area contributed by atoms with Crippen LogP contribution >= 0.6 is 11.8 Å². The number of nitrogens with zero attached hydrogens (tertiary/aromatic N) is 2. The Bertz CT molecular complexity index is 2570. The van der Waals surface area contributed by atoms with Crippen molar-refractivity contribution < 1.29 is 0 Å². The van der Waals surface area contributed by atoms with Gasteiger partial charge in [0.15, 0.2) is 0 Å². The topological polar surface area (TPSA) is 17.8 Å². The number of fused-ring (bicyclic) bond motifs is 9. The van der Waals surface area contributed by atoms with Gasteiger partial charge in [0.2, 0.25) is 0 Å². The molecule has 2 nitrogen and oxygen atoms in total. The van der Waals surface area contributed by atoms with Gasteiger partial charge in [-0.2, -0.15) is 0 Å². The predicted molar refractivity (Wildman–Crippen MR) is 207 cm³/mol. The first-order valence-electron chi connectivity index (χ1n) is 17.3. The highest BCUT2D eigenvalue weighted by atomic mass is 32.2. The lowest BCUT2D eigenvalue weighted by molar-refractivity contribution is 0.549. The van der Waals surface area contributed by atoms with Gasteiger partial charge >= 0.3 is 0 Å². The Labute approximate surface area is 297 Å². The quantitative estimate of drug-likeness (QED) is 0.188. The van der Waals surface area contributed by atoms with Crippen LogP contribution in [0.2, 0.25) is 0 Å². The van der Waals surface area contributed by atoms with E-state index in [9.17, 15) is 0 Å². The number of rotatable bonds is 3. The Morgan fingerprint density at radius 1 is 0.460 bits per heavy atom. The maximum Gasteiger partial charge on any atom is 0.145 e. The zero-order chi connectivity index (χ0) is 33.5. The minimum atomic E-state index is -0.450. The van der Waals surface area contributed by atoms with Crippen LogP contribution in [0, 0.1) is 0 Å². The number of para-hydroxylation sites is 2. The maximum absolute atomic E-state index is 5.12. The second kappa shape index (κ2) is 10.9. The van der Waals surface area contributed by atoms with E-state index in [0.29, 0.717) is 0 Å². The predicted octanol–water partition coefficient (Wildman–Crippen LogP) is 11.8. The number of aromatic nitrogens is 2. The Morgan fingerprint density at radius 3 is 1.80 bits per heavy atom. The van der Waals surface area contributed by atoms with Crippen molar-refractivity contribution in [3.8, 4) is 28.2 Å². The third-order valence-corrected chi connectivity index (χ3v) is 12.1. The molecule has 1 spiro atoms. The SMILES string of the molecule is CC1(C)c2ccccc2C2(c3ccccc3Sc3ccccc32)c2cc(-c3cccc(-n4c(-c5ccccc5)nc5ccccc54)c3)ccc21. The molecule has 0 fully saturated rings. The molecular weight excluding hydrogens is 625 g/mol. The number of benzene rings is 7. The first-order valence-corrected chi connectivity index (χ1v) is 18.1. The van der Waals surface area contributed by atoms with Crippen molar-refractivity contribution in [1.29, 1.82) is 0 Å². The molecule has 10 rings (SSSR count). The molecule has 0 bridgehead atoms. The summed E-state index contributed by atoms with van der Waals surface area (Å²) in [6, 6.07) is 62.4. The minimum absolute atomic E-state index is 0.174. The first-order chi connectivity index (χ1) is 24.5. The van der Waals surface area contributed by atoms with E-state index < -0.39 is 5.41 Å². The van der Waals surface area contributed by atoms with Crippen LogP contribution in [0.15, 0.2) is 180 Å². The van der Waals surface area contributed by atoms with E-state index in [0.717, 1.165) is 28.1 Å². The van der Waals surface area contributed by atoms with Crippen molar-refractivity contribution >= 4 is 22.8 Å². The molecule has 238 valence electrons. The molecule has 0 saturated carbocycles. The number of hydrogen-bond acceptors (Lipinski definition) is 2. The highest BCUT2D eigenvalue weighted by Crippen LogP contribution is 2.61. The Balaban J connectivity index is 1.24. The van der Waals surface area contributed by atoms with Crippen LogP contribution in [-0.4, -0.2) is 9.55 Å². The zero-order valence-corrected chi connectivity index (χ0v) is 28.8. The van der Waals surface area contributed by atoms with E-state index in [1.54, 1.807) is 0 Å². The monoisotopic (exact) mass is 658 g/mol. The molecule has 0 unspecified atom stereocenters. The fraction of sp³-hybridized carbons (Fsp3) is 0.0851. The fourth-order valence-corrected chi connectivity index (χ4v) is 9.88. The summed E-state index contributed by atoms with van der Waals surface area (Å²) < 4.78 is 2.30. The molecular formula is C47H34N2S. The third kappa shape index (κ3) is 4.07. The summed E-state index contributed by atoms with van der Waals surface area (Å²) in [6.45, 7) is 4.78. The Hall–Kier alpha value is -5.64. The van der Waals surface area contributed by atoms with Crippen molar-refractivity contribution in [1.82, 2.24) is 9.55 Å². The summed E-state index contributed by atoms with van der Waals surface area (Å²) >= 11 is 1.89. The summed E-state index contributed by atoms with van der Waals surface area (Å²) in [7, 11) is 0. The van der Waals surface area contributed by atoms with Crippen molar-refractivity contribution in [3.63, 3.8) is 0 Å². The molecule has 3 heteroatoms. The van der Waals surface area contributed by atoms with Crippen LogP contribution in [0.25, 0.3) is 39.2 Å². The summed E-state index contributed by atoms with van der Waals surface area (Å²) in [4.78, 5) is 7.76. The number of hydrogen-bond donors (Lipinski definition) is 0. The lowest BCUT2D eigenvalue weighted by Gasteiger charge is -2.50. The van der Waals surface area contributed by atoms with Crippen LogP contribution in [0.4, 0.5) is 0 Å². The van der Waals surface area contributed by atoms with E-state index >= 15 is 0 Å². The summed E-state index contributed by atoms with van der Waals surface area (Å²) in [5.41, 5.74) is 14.3. The summed E-state index contributed by atoms with van der Waals surface area (Å²) in [5, 5.41) is 0. The van der Waals surface area contributed by atoms with Crippen molar-refractivity contribution in [2.75, 3.05) is 0 Å². The number of imidazole rings is 1. The lowest BCUT2D eigenvalue weighted by Crippen LogP contribution is -2.43. The standard InChI is InChI=1S/C47H34N2S/c1-46(2)35-19-6-7-20-37(35)47(38-21-8-12-25-43(38)50-44-26-13-9-22-39(44)47)40-30-33(27-28-36(40)46)32-17-14-18-34(29-32)49-42-24-11-10-23-41(42)48-45(49)31-15-4-3-5-16-31/h3-30H,1-2H3. The second-order valence-electron chi connectivity index (χ2n) is 14.0. The van der Waals surface area contributed by atoms with E-state index in [4.69, 9.17) is 4.98 Å². The molecule has 7 aromatic carbocycles. The molecule has 2 heterocycles. The van der Waals surface area contributed by atoms with Gasteiger partial charge in [-0.3, -0.25) is 4.57 Å². The molecule has 50 heavy (non-hydrogen) atoms. The second-order valence-corrected chi connectivity index (χ2v) is 15.0. The van der Waals surface area contributed by atoms with Crippen molar-refractivity contribution in [2.45, 2.75) is 34.5 Å². The average molecular weight is 659 g/mol. The van der Waals surface area contributed by atoms with Crippen LogP contribution in [0.1, 0.15) is 47.2 Å². The highest BCUT2D eigenvalue weighted by Gasteiger charge is 2.52. The van der Waals surface area contributed by atoms with Crippen LogP contribution in [0.3, 0.4) is 0 Å². The Kier molecular flexibility index (Phi) is 6.40. The molecule has 2 aliphatic rings. The van der Waals surface area contributed by atoms with Gasteiger partial charge in [-0.1, -0.05) is 153 Å². The molecule has 0 saturated heterocycles. The van der Waals surface area contributed by atoms with Gasteiger partial charge in [-0.25, -0.2) is 4.98 Å². The van der Waals surface area contributed by atoms with Gasteiger partial charge in [0.1, 0.15) is 5.82 Å². The molecule has 0 radical (unpaired) electrons. The minimum Gasteiger partial charge on any atom is -0.292 e. The van der Waals surface area contributed by atoms with Gasteiger partial charge in [0, 0.05) is 26.5 Å². The lowest BCUT2D eigenvalue weighted by atomic mass is 9.54. The van der Waals surface area contributed by atoms with E-state index in [-0.39, 0.29) is 5.41 Å². The van der Waals surface area contributed by atoms with E-state index in [1.807, 2.05) is 11.8 Å². The van der Waals surface area contributed by atoms with Gasteiger partial charge in [-0.15, -0.1) is 0 Å². The van der Waals surface area contributed by atoms with Gasteiger partial charge in [-0.05, 0) is 87.0 Å². The molecule has 0 amide bonds. The summed E-state index contributed by atoms with van der Waals surface area (Å²) in [6.07, 6.45) is 0. The normalized spacial score (nSPS) is 14.8. The largest absolute Gasteiger partial charge is 0.292 e. The average Bonchev–Trinajstić information content (AvgIpc) is 3.57. The summed E-state index contributed by atoms with van der Waals surface area (Å²) in [5.74, 6) is 0.944. The van der Waals surface area contributed by atoms with Crippen LogP contribution < -0.4 is 0 Å². The molecule has 0 atom stereocenters. The maximum atomic E-state index is 5.12. The molecule has 0 N–H and O–H groups in total.